The number of benzene rings is 1. The quantitative estimate of drug-likeness (QED) is 0.383. The van der Waals surface area contributed by atoms with Crippen molar-refractivity contribution >= 4 is 35.0 Å². The highest BCUT2D eigenvalue weighted by atomic mass is 32.2. The molecule has 26 heavy (non-hydrogen) atoms. The zero-order valence-electron chi connectivity index (χ0n) is 14.0. The van der Waals surface area contributed by atoms with Gasteiger partial charge in [-0.15, -0.1) is 5.10 Å². The molecule has 2 aromatic rings. The van der Waals surface area contributed by atoms with Crippen molar-refractivity contribution in [3.8, 4) is 11.3 Å². The Morgan fingerprint density at radius 1 is 1.38 bits per heavy atom. The third-order valence-corrected chi connectivity index (χ3v) is 4.25. The number of rotatable bonds is 4. The van der Waals surface area contributed by atoms with E-state index >= 15 is 0 Å². The molecular weight excluding hydrogens is 354 g/mol. The Bertz CT molecular complexity index is 945. The van der Waals surface area contributed by atoms with Gasteiger partial charge in [0.25, 0.3) is 5.91 Å². The van der Waals surface area contributed by atoms with Crippen LogP contribution in [0.1, 0.15) is 5.56 Å². The molecular formula is C17H15N5O3S. The van der Waals surface area contributed by atoms with E-state index in [1.807, 2.05) is 43.6 Å². The van der Waals surface area contributed by atoms with Crippen LogP contribution in [0.3, 0.4) is 0 Å². The SMILES string of the molecule is COC(=O)/C=C1/S/C(=N\N=Cc2cccc(-c3ccn(C)n3)c2)NC1=O. The molecule has 0 unspecified atom stereocenters. The van der Waals surface area contributed by atoms with Crippen LogP contribution in [0.2, 0.25) is 0 Å². The van der Waals surface area contributed by atoms with Gasteiger partial charge in [-0.05, 0) is 29.5 Å². The molecule has 1 aliphatic rings. The second-order valence-electron chi connectivity index (χ2n) is 5.24. The lowest BCUT2D eigenvalue weighted by molar-refractivity contribution is -0.135. The summed E-state index contributed by atoms with van der Waals surface area (Å²) in [7, 11) is 3.11. The first-order chi connectivity index (χ1) is 12.5. The van der Waals surface area contributed by atoms with Crippen LogP contribution in [-0.2, 0) is 21.4 Å². The van der Waals surface area contributed by atoms with Crippen molar-refractivity contribution in [3.05, 3.63) is 53.1 Å². The number of carbonyl (C=O) groups is 2. The molecule has 0 aliphatic carbocycles. The van der Waals surface area contributed by atoms with Crippen molar-refractivity contribution in [1.29, 1.82) is 0 Å². The molecule has 3 rings (SSSR count). The number of amides is 1. The maximum absolute atomic E-state index is 11.7. The van der Waals surface area contributed by atoms with Gasteiger partial charge in [-0.1, -0.05) is 18.2 Å². The second-order valence-corrected chi connectivity index (χ2v) is 6.27. The molecule has 0 bridgehead atoms. The van der Waals surface area contributed by atoms with Crippen LogP contribution < -0.4 is 5.32 Å². The topological polar surface area (TPSA) is 97.9 Å². The van der Waals surface area contributed by atoms with E-state index in [-0.39, 0.29) is 4.91 Å². The van der Waals surface area contributed by atoms with Gasteiger partial charge in [0.2, 0.25) is 0 Å². The Kier molecular flexibility index (Phi) is 5.28. The predicted molar refractivity (Wildman–Crippen MR) is 99.5 cm³/mol. The summed E-state index contributed by atoms with van der Waals surface area (Å²) in [5, 5.41) is 15.1. The Morgan fingerprint density at radius 3 is 2.96 bits per heavy atom. The molecule has 1 fully saturated rings. The molecule has 1 N–H and O–H groups in total. The van der Waals surface area contributed by atoms with E-state index in [4.69, 9.17) is 0 Å². The molecule has 0 spiro atoms. The fraction of sp³-hybridized carbons (Fsp3) is 0.118. The van der Waals surface area contributed by atoms with Gasteiger partial charge in [0, 0.05) is 24.9 Å². The summed E-state index contributed by atoms with van der Waals surface area (Å²) in [5.41, 5.74) is 2.68. The molecule has 1 aromatic carbocycles. The van der Waals surface area contributed by atoms with Gasteiger partial charge in [0.05, 0.1) is 23.9 Å². The first-order valence-corrected chi connectivity index (χ1v) is 8.37. The Hall–Kier alpha value is -3.20. The summed E-state index contributed by atoms with van der Waals surface area (Å²) < 4.78 is 6.24. The number of methoxy groups -OCH3 is 1. The maximum Gasteiger partial charge on any atom is 0.331 e. The highest BCUT2D eigenvalue weighted by molar-refractivity contribution is 8.18. The normalized spacial score (nSPS) is 17.2. The number of hydrogen-bond acceptors (Lipinski definition) is 7. The van der Waals surface area contributed by atoms with Gasteiger partial charge in [-0.2, -0.15) is 10.2 Å². The van der Waals surface area contributed by atoms with Crippen LogP contribution in [-0.4, -0.2) is 40.1 Å². The minimum absolute atomic E-state index is 0.211. The number of thioether (sulfide) groups is 1. The summed E-state index contributed by atoms with van der Waals surface area (Å²) in [6.07, 6.45) is 4.57. The molecule has 0 radical (unpaired) electrons. The Labute approximate surface area is 153 Å². The maximum atomic E-state index is 11.7. The van der Waals surface area contributed by atoms with Gasteiger partial charge in [-0.3, -0.25) is 14.8 Å². The number of aromatic nitrogens is 2. The largest absolute Gasteiger partial charge is 0.466 e. The van der Waals surface area contributed by atoms with Crippen LogP contribution in [0.4, 0.5) is 0 Å². The van der Waals surface area contributed by atoms with Crippen LogP contribution in [0, 0.1) is 0 Å². The molecule has 132 valence electrons. The number of hydrogen-bond donors (Lipinski definition) is 1. The van der Waals surface area contributed by atoms with Crippen molar-refractivity contribution in [2.45, 2.75) is 0 Å². The minimum Gasteiger partial charge on any atom is -0.466 e. The highest BCUT2D eigenvalue weighted by Gasteiger charge is 2.24. The number of carbonyl (C=O) groups excluding carboxylic acids is 2. The molecule has 2 heterocycles. The monoisotopic (exact) mass is 369 g/mol. The Balaban J connectivity index is 1.71. The number of esters is 1. The number of amidine groups is 1. The van der Waals surface area contributed by atoms with Gasteiger partial charge in [0.1, 0.15) is 0 Å². The van der Waals surface area contributed by atoms with E-state index in [0.29, 0.717) is 5.17 Å². The second kappa shape index (κ2) is 7.79. The fourth-order valence-corrected chi connectivity index (χ4v) is 2.88. The average molecular weight is 369 g/mol. The van der Waals surface area contributed by atoms with Crippen LogP contribution >= 0.6 is 11.8 Å². The van der Waals surface area contributed by atoms with Crippen molar-refractivity contribution in [3.63, 3.8) is 0 Å². The third kappa shape index (κ3) is 4.25. The predicted octanol–water partition coefficient (Wildman–Crippen LogP) is 1.70. The molecule has 0 saturated carbocycles. The van der Waals surface area contributed by atoms with E-state index in [0.717, 1.165) is 34.7 Å². The lowest BCUT2D eigenvalue weighted by Crippen LogP contribution is -2.19. The number of ether oxygens (including phenoxy) is 1. The van der Waals surface area contributed by atoms with Gasteiger partial charge in [0.15, 0.2) is 5.17 Å². The van der Waals surface area contributed by atoms with E-state index < -0.39 is 11.9 Å². The van der Waals surface area contributed by atoms with Crippen LogP contribution in [0.15, 0.2) is 57.7 Å². The molecule has 1 aromatic heterocycles. The summed E-state index contributed by atoms with van der Waals surface area (Å²) in [5.74, 6) is -1.01. The van der Waals surface area contributed by atoms with E-state index in [1.165, 1.54) is 7.11 Å². The number of nitrogens with one attached hydrogen (secondary N) is 1. The molecule has 1 amide bonds. The molecule has 1 saturated heterocycles. The first kappa shape index (κ1) is 17.6. The zero-order chi connectivity index (χ0) is 18.5. The molecule has 1 aliphatic heterocycles. The van der Waals surface area contributed by atoms with Gasteiger partial charge in [-0.25, -0.2) is 4.79 Å². The van der Waals surface area contributed by atoms with Crippen molar-refractivity contribution in [1.82, 2.24) is 15.1 Å². The van der Waals surface area contributed by atoms with E-state index in [2.05, 4.69) is 25.4 Å². The van der Waals surface area contributed by atoms with Crippen LogP contribution in [0.5, 0.6) is 0 Å². The van der Waals surface area contributed by atoms with Gasteiger partial charge >= 0.3 is 5.97 Å². The van der Waals surface area contributed by atoms with Crippen molar-refractivity contribution in [2.24, 2.45) is 17.3 Å². The lowest BCUT2D eigenvalue weighted by atomic mass is 10.1. The summed E-state index contributed by atoms with van der Waals surface area (Å²) in [4.78, 5) is 23.1. The third-order valence-electron chi connectivity index (χ3n) is 3.35. The van der Waals surface area contributed by atoms with Crippen LogP contribution in [0.25, 0.3) is 11.3 Å². The first-order valence-electron chi connectivity index (χ1n) is 7.55. The fourth-order valence-electron chi connectivity index (χ4n) is 2.14. The Morgan fingerprint density at radius 2 is 2.23 bits per heavy atom. The molecule has 8 nitrogen and oxygen atoms in total. The standard InChI is InChI=1S/C17H15N5O3S/c1-22-7-6-13(21-22)12-5-3-4-11(8-12)10-18-20-17-19-16(24)14(26-17)9-15(23)25-2/h3-10H,1-2H3,(H,19,20,24)/b14-9+,18-10?. The highest BCUT2D eigenvalue weighted by Crippen LogP contribution is 2.23. The number of aryl methyl sites for hydroxylation is 1. The lowest BCUT2D eigenvalue weighted by Gasteiger charge is -1.98. The minimum atomic E-state index is -0.598. The molecule has 9 heteroatoms. The number of nitrogens with zero attached hydrogens (tertiary/aromatic N) is 4. The summed E-state index contributed by atoms with van der Waals surface area (Å²) in [6, 6.07) is 9.62. The van der Waals surface area contributed by atoms with E-state index in [9.17, 15) is 9.59 Å². The average Bonchev–Trinajstić information content (AvgIpc) is 3.21. The summed E-state index contributed by atoms with van der Waals surface area (Å²) in [6.45, 7) is 0. The summed E-state index contributed by atoms with van der Waals surface area (Å²) >= 11 is 1.02. The molecule has 0 atom stereocenters. The smallest absolute Gasteiger partial charge is 0.331 e. The van der Waals surface area contributed by atoms with Crippen molar-refractivity contribution in [2.75, 3.05) is 7.11 Å². The zero-order valence-corrected chi connectivity index (χ0v) is 14.9. The van der Waals surface area contributed by atoms with E-state index in [1.54, 1.807) is 10.9 Å². The van der Waals surface area contributed by atoms with Gasteiger partial charge < -0.3 is 4.74 Å². The van der Waals surface area contributed by atoms with Crippen molar-refractivity contribution < 1.29 is 14.3 Å².